The Balaban J connectivity index is 1.51. The second kappa shape index (κ2) is 7.51. The highest BCUT2D eigenvalue weighted by molar-refractivity contribution is 5.82. The summed E-state index contributed by atoms with van der Waals surface area (Å²) in [5.41, 5.74) is 2.38. The molecule has 0 saturated carbocycles. The van der Waals surface area contributed by atoms with E-state index < -0.39 is 5.82 Å². The molecule has 0 saturated heterocycles. The Hall–Kier alpha value is -3.68. The molecule has 0 aliphatic rings. The smallest absolute Gasteiger partial charge is 0.229 e. The molecule has 0 amide bonds. The Morgan fingerprint density at radius 1 is 1.00 bits per heavy atom. The van der Waals surface area contributed by atoms with Gasteiger partial charge in [0.1, 0.15) is 5.75 Å². The van der Waals surface area contributed by atoms with E-state index in [9.17, 15) is 4.39 Å². The monoisotopic (exact) mass is 378 g/mol. The third-order valence-corrected chi connectivity index (χ3v) is 3.93. The molecule has 28 heavy (non-hydrogen) atoms. The van der Waals surface area contributed by atoms with Gasteiger partial charge in [-0.15, -0.1) is 0 Å². The van der Waals surface area contributed by atoms with Crippen molar-refractivity contribution in [3.05, 3.63) is 60.7 Å². The molecule has 7 nitrogen and oxygen atoms in total. The molecule has 2 aromatic carbocycles. The number of hydrogen-bond acceptors (Lipinski definition) is 6. The summed E-state index contributed by atoms with van der Waals surface area (Å²) in [6, 6.07) is 13.0. The molecule has 0 spiro atoms. The Morgan fingerprint density at radius 2 is 1.79 bits per heavy atom. The van der Waals surface area contributed by atoms with E-state index in [-0.39, 0.29) is 17.9 Å². The van der Waals surface area contributed by atoms with Crippen LogP contribution in [0.5, 0.6) is 5.75 Å². The van der Waals surface area contributed by atoms with Gasteiger partial charge in [0, 0.05) is 16.8 Å². The zero-order chi connectivity index (χ0) is 19.5. The Kier molecular flexibility index (Phi) is 4.76. The molecule has 0 atom stereocenters. The molecule has 4 rings (SSSR count). The van der Waals surface area contributed by atoms with Gasteiger partial charge < -0.3 is 15.4 Å². The summed E-state index contributed by atoms with van der Waals surface area (Å²) in [6.45, 7) is 3.94. The minimum atomic E-state index is -0.543. The summed E-state index contributed by atoms with van der Waals surface area (Å²) in [5.74, 6) is 0.599. The Labute approximate surface area is 161 Å². The first-order chi connectivity index (χ1) is 13.6. The number of fused-ring (bicyclic) bond motifs is 1. The van der Waals surface area contributed by atoms with E-state index in [1.807, 2.05) is 56.3 Å². The van der Waals surface area contributed by atoms with Crippen LogP contribution in [0.3, 0.4) is 0 Å². The van der Waals surface area contributed by atoms with Crippen LogP contribution in [0.4, 0.5) is 27.5 Å². The largest absolute Gasteiger partial charge is 0.491 e. The lowest BCUT2D eigenvalue weighted by atomic mass is 10.2. The molecule has 0 aliphatic carbocycles. The topological polar surface area (TPSA) is 87.8 Å². The highest BCUT2D eigenvalue weighted by atomic mass is 19.1. The Morgan fingerprint density at radius 3 is 2.57 bits per heavy atom. The molecule has 0 bridgehead atoms. The van der Waals surface area contributed by atoms with Crippen LogP contribution in [0.25, 0.3) is 10.9 Å². The predicted octanol–water partition coefficient (Wildman–Crippen LogP) is 4.77. The molecule has 0 unspecified atom stereocenters. The van der Waals surface area contributed by atoms with Gasteiger partial charge in [-0.3, -0.25) is 5.10 Å². The standard InChI is InChI=1S/C20H19FN6O/c1-12(2)28-16-6-3-14(4-7-16)25-20-22-11-17(21)19(26-20)24-15-5-8-18-13(9-15)10-23-27-18/h3-12H,1-2H3,(H,23,27)(H2,22,24,25,26). The third-order valence-electron chi connectivity index (χ3n) is 3.93. The second-order valence-electron chi connectivity index (χ2n) is 6.50. The van der Waals surface area contributed by atoms with E-state index in [4.69, 9.17) is 4.74 Å². The van der Waals surface area contributed by atoms with Crippen LogP contribution in [-0.2, 0) is 0 Å². The van der Waals surface area contributed by atoms with Gasteiger partial charge in [-0.1, -0.05) is 0 Å². The van der Waals surface area contributed by atoms with Crippen LogP contribution in [0.2, 0.25) is 0 Å². The minimum Gasteiger partial charge on any atom is -0.491 e. The van der Waals surface area contributed by atoms with Crippen molar-refractivity contribution in [1.29, 1.82) is 0 Å². The van der Waals surface area contributed by atoms with Crippen LogP contribution >= 0.6 is 0 Å². The molecule has 2 aromatic heterocycles. The van der Waals surface area contributed by atoms with E-state index in [1.54, 1.807) is 6.20 Å². The number of halogens is 1. The summed E-state index contributed by atoms with van der Waals surface area (Å²) >= 11 is 0. The van der Waals surface area contributed by atoms with Gasteiger partial charge in [-0.25, -0.2) is 9.37 Å². The van der Waals surface area contributed by atoms with Gasteiger partial charge in [0.15, 0.2) is 11.6 Å². The maximum Gasteiger partial charge on any atom is 0.229 e. The van der Waals surface area contributed by atoms with Crippen LogP contribution in [0.1, 0.15) is 13.8 Å². The van der Waals surface area contributed by atoms with Crippen molar-refractivity contribution in [1.82, 2.24) is 20.2 Å². The first kappa shape index (κ1) is 17.7. The third kappa shape index (κ3) is 4.01. The summed E-state index contributed by atoms with van der Waals surface area (Å²) in [4.78, 5) is 8.24. The number of benzene rings is 2. The highest BCUT2D eigenvalue weighted by Crippen LogP contribution is 2.24. The normalized spacial score (nSPS) is 11.0. The predicted molar refractivity (Wildman–Crippen MR) is 107 cm³/mol. The summed E-state index contributed by atoms with van der Waals surface area (Å²) in [7, 11) is 0. The molecule has 3 N–H and O–H groups in total. The lowest BCUT2D eigenvalue weighted by molar-refractivity contribution is 0.242. The molecule has 4 aromatic rings. The summed E-state index contributed by atoms with van der Waals surface area (Å²) < 4.78 is 19.8. The van der Waals surface area contributed by atoms with Gasteiger partial charge in [0.05, 0.1) is 24.0 Å². The van der Waals surface area contributed by atoms with Crippen molar-refractivity contribution >= 4 is 34.0 Å². The Bertz CT molecular complexity index is 1090. The van der Waals surface area contributed by atoms with Gasteiger partial charge in [-0.2, -0.15) is 10.1 Å². The molecular formula is C20H19FN6O. The molecule has 142 valence electrons. The SMILES string of the molecule is CC(C)Oc1ccc(Nc2ncc(F)c(Nc3ccc4[nH]ncc4c3)n2)cc1. The summed E-state index contributed by atoms with van der Waals surface area (Å²) in [5, 5.41) is 13.8. The van der Waals surface area contributed by atoms with E-state index in [0.29, 0.717) is 5.69 Å². The lowest BCUT2D eigenvalue weighted by Crippen LogP contribution is -2.05. The van der Waals surface area contributed by atoms with Gasteiger partial charge in [-0.05, 0) is 56.3 Å². The zero-order valence-corrected chi connectivity index (χ0v) is 15.4. The molecule has 8 heteroatoms. The van der Waals surface area contributed by atoms with E-state index in [0.717, 1.165) is 28.5 Å². The van der Waals surface area contributed by atoms with Crippen LogP contribution < -0.4 is 15.4 Å². The second-order valence-corrected chi connectivity index (χ2v) is 6.50. The average Bonchev–Trinajstić information content (AvgIpc) is 3.13. The quantitative estimate of drug-likeness (QED) is 0.448. The molecular weight excluding hydrogens is 359 g/mol. The van der Waals surface area contributed by atoms with Crippen molar-refractivity contribution in [2.45, 2.75) is 20.0 Å². The molecule has 2 heterocycles. The summed E-state index contributed by atoms with van der Waals surface area (Å²) in [6.07, 6.45) is 2.94. The fourth-order valence-corrected chi connectivity index (χ4v) is 2.69. The van der Waals surface area contributed by atoms with Crippen LogP contribution in [-0.4, -0.2) is 26.3 Å². The number of nitrogens with zero attached hydrogens (tertiary/aromatic N) is 3. The van der Waals surface area contributed by atoms with Gasteiger partial charge in [0.2, 0.25) is 5.95 Å². The number of rotatable bonds is 6. The number of aromatic nitrogens is 4. The first-order valence-electron chi connectivity index (χ1n) is 8.83. The number of hydrogen-bond donors (Lipinski definition) is 3. The minimum absolute atomic E-state index is 0.0834. The number of anilines is 4. The maximum absolute atomic E-state index is 14.2. The maximum atomic E-state index is 14.2. The number of nitrogens with one attached hydrogen (secondary N) is 3. The molecule has 0 aliphatic heterocycles. The van der Waals surface area contributed by atoms with Crippen molar-refractivity contribution in [2.24, 2.45) is 0 Å². The van der Waals surface area contributed by atoms with Crippen LogP contribution in [0, 0.1) is 5.82 Å². The molecule has 0 radical (unpaired) electrons. The van der Waals surface area contributed by atoms with Gasteiger partial charge >= 0.3 is 0 Å². The fourth-order valence-electron chi connectivity index (χ4n) is 2.69. The van der Waals surface area contributed by atoms with E-state index in [2.05, 4.69) is 30.8 Å². The van der Waals surface area contributed by atoms with Crippen molar-refractivity contribution in [3.63, 3.8) is 0 Å². The first-order valence-corrected chi connectivity index (χ1v) is 8.83. The number of ether oxygens (including phenoxy) is 1. The lowest BCUT2D eigenvalue weighted by Gasteiger charge is -2.11. The molecule has 0 fully saturated rings. The fraction of sp³-hybridized carbons (Fsp3) is 0.150. The average molecular weight is 378 g/mol. The number of H-pyrrole nitrogens is 1. The van der Waals surface area contributed by atoms with Crippen LogP contribution in [0.15, 0.2) is 54.9 Å². The zero-order valence-electron chi connectivity index (χ0n) is 15.4. The highest BCUT2D eigenvalue weighted by Gasteiger charge is 2.09. The van der Waals surface area contributed by atoms with Gasteiger partial charge in [0.25, 0.3) is 0 Å². The van der Waals surface area contributed by atoms with Crippen molar-refractivity contribution in [3.8, 4) is 5.75 Å². The van der Waals surface area contributed by atoms with E-state index >= 15 is 0 Å². The van der Waals surface area contributed by atoms with E-state index in [1.165, 1.54) is 0 Å². The van der Waals surface area contributed by atoms with Crippen molar-refractivity contribution in [2.75, 3.05) is 10.6 Å². The van der Waals surface area contributed by atoms with Crippen molar-refractivity contribution < 1.29 is 9.13 Å². The number of aromatic amines is 1.